The summed E-state index contributed by atoms with van der Waals surface area (Å²) in [5, 5.41) is 12.8. The van der Waals surface area contributed by atoms with Crippen LogP contribution >= 0.6 is 0 Å². The summed E-state index contributed by atoms with van der Waals surface area (Å²) >= 11 is 0. The first-order valence-electron chi connectivity index (χ1n) is 6.45. The van der Waals surface area contributed by atoms with Crippen molar-refractivity contribution < 1.29 is 14.8 Å². The summed E-state index contributed by atoms with van der Waals surface area (Å²) in [7, 11) is 0. The minimum absolute atomic E-state index is 0.112. The van der Waals surface area contributed by atoms with Crippen molar-refractivity contribution in [1.82, 2.24) is 0 Å². The minimum atomic E-state index is -0.442. The lowest BCUT2D eigenvalue weighted by Crippen LogP contribution is -2.23. The molecule has 5 heteroatoms. The first kappa shape index (κ1) is 14.7. The van der Waals surface area contributed by atoms with Crippen molar-refractivity contribution in [3.05, 3.63) is 48.5 Å². The summed E-state index contributed by atoms with van der Waals surface area (Å²) in [5.74, 6) is -0.554. The van der Waals surface area contributed by atoms with Gasteiger partial charge in [-0.2, -0.15) is 5.06 Å². The third-order valence-corrected chi connectivity index (χ3v) is 2.95. The Balaban J connectivity index is 2.18. The number of hydrogen-bond donors (Lipinski definition) is 2. The Labute approximate surface area is 122 Å². The second-order valence-electron chi connectivity index (χ2n) is 4.64. The molecule has 0 radical (unpaired) electrons. The Morgan fingerprint density at radius 3 is 1.81 bits per heavy atom. The lowest BCUT2D eigenvalue weighted by molar-refractivity contribution is -0.121. The molecule has 2 N–H and O–H groups in total. The lowest BCUT2D eigenvalue weighted by atomic mass is 10.0. The molecule has 0 aliphatic carbocycles. The molecule has 0 fully saturated rings. The zero-order valence-electron chi connectivity index (χ0n) is 11.8. The fourth-order valence-corrected chi connectivity index (χ4v) is 1.93. The molecule has 5 nitrogen and oxygen atoms in total. The molecule has 0 aliphatic rings. The van der Waals surface area contributed by atoms with Crippen LogP contribution in [0.3, 0.4) is 0 Å². The number of amides is 2. The van der Waals surface area contributed by atoms with Gasteiger partial charge in [0.05, 0.1) is 5.69 Å². The molecular weight excluding hydrogens is 268 g/mol. The number of rotatable bonds is 3. The van der Waals surface area contributed by atoms with Crippen molar-refractivity contribution >= 4 is 23.2 Å². The van der Waals surface area contributed by atoms with Gasteiger partial charge in [-0.1, -0.05) is 24.3 Å². The predicted octanol–water partition coefficient (Wildman–Crippen LogP) is 3.05. The first-order valence-corrected chi connectivity index (χ1v) is 6.45. The number of hydroxylamine groups is 1. The van der Waals surface area contributed by atoms with Crippen molar-refractivity contribution in [2.75, 3.05) is 10.4 Å². The van der Waals surface area contributed by atoms with Crippen molar-refractivity contribution in [3.8, 4) is 11.1 Å². The van der Waals surface area contributed by atoms with Gasteiger partial charge in [0.15, 0.2) is 0 Å². The highest BCUT2D eigenvalue weighted by Gasteiger charge is 2.07. The normalized spacial score (nSPS) is 10.0. The molecule has 0 heterocycles. The Bertz CT molecular complexity index is 648. The van der Waals surface area contributed by atoms with Gasteiger partial charge < -0.3 is 5.32 Å². The van der Waals surface area contributed by atoms with Crippen LogP contribution in [0.25, 0.3) is 11.1 Å². The highest BCUT2D eigenvalue weighted by Crippen LogP contribution is 2.24. The summed E-state index contributed by atoms with van der Waals surface area (Å²) in [6.45, 7) is 2.75. The SMILES string of the molecule is CC(=O)Nc1ccc(-c2ccc(N(O)C(C)=O)cc2)cc1. The molecule has 2 aromatic rings. The molecule has 0 unspecified atom stereocenters. The molecular formula is C16H16N2O3. The molecule has 2 aromatic carbocycles. The topological polar surface area (TPSA) is 69.6 Å². The van der Waals surface area contributed by atoms with Crippen LogP contribution in [-0.4, -0.2) is 17.0 Å². The van der Waals surface area contributed by atoms with Crippen molar-refractivity contribution in [1.29, 1.82) is 0 Å². The molecule has 108 valence electrons. The maximum absolute atomic E-state index is 11.1. The van der Waals surface area contributed by atoms with E-state index in [1.54, 1.807) is 12.1 Å². The average molecular weight is 284 g/mol. The number of hydrogen-bond acceptors (Lipinski definition) is 3. The quantitative estimate of drug-likeness (QED) is 0.672. The fourth-order valence-electron chi connectivity index (χ4n) is 1.93. The van der Waals surface area contributed by atoms with Gasteiger partial charge in [0, 0.05) is 19.5 Å². The molecule has 2 rings (SSSR count). The summed E-state index contributed by atoms with van der Waals surface area (Å²) in [4.78, 5) is 22.0. The van der Waals surface area contributed by atoms with Crippen LogP contribution in [0, 0.1) is 0 Å². The first-order chi connectivity index (χ1) is 9.97. The van der Waals surface area contributed by atoms with Gasteiger partial charge >= 0.3 is 0 Å². The van der Waals surface area contributed by atoms with Crippen LogP contribution < -0.4 is 10.4 Å². The van der Waals surface area contributed by atoms with E-state index in [4.69, 9.17) is 0 Å². The van der Waals surface area contributed by atoms with Crippen LogP contribution in [0.5, 0.6) is 0 Å². The second-order valence-corrected chi connectivity index (χ2v) is 4.64. The summed E-state index contributed by atoms with van der Waals surface area (Å²) in [6.07, 6.45) is 0. The van der Waals surface area contributed by atoms with Gasteiger partial charge in [-0.15, -0.1) is 0 Å². The second kappa shape index (κ2) is 6.19. The van der Waals surface area contributed by atoms with Gasteiger partial charge in [-0.25, -0.2) is 0 Å². The van der Waals surface area contributed by atoms with Gasteiger partial charge in [0.1, 0.15) is 0 Å². The Hall–Kier alpha value is -2.66. The maximum atomic E-state index is 11.1. The van der Waals surface area contributed by atoms with Crippen LogP contribution in [-0.2, 0) is 9.59 Å². The molecule has 21 heavy (non-hydrogen) atoms. The standard InChI is InChI=1S/C16H16N2O3/c1-11(19)17-15-7-3-13(4-8-15)14-5-9-16(10-6-14)18(21)12(2)20/h3-10,21H,1-2H3,(H,17,19). The third kappa shape index (κ3) is 3.67. The zero-order chi connectivity index (χ0) is 15.4. The van der Waals surface area contributed by atoms with E-state index in [9.17, 15) is 14.8 Å². The van der Waals surface area contributed by atoms with E-state index in [0.29, 0.717) is 10.8 Å². The van der Waals surface area contributed by atoms with E-state index in [1.807, 2.05) is 36.4 Å². The summed E-state index contributed by atoms with van der Waals surface area (Å²) in [5.41, 5.74) is 3.08. The summed E-state index contributed by atoms with van der Waals surface area (Å²) < 4.78 is 0. The maximum Gasteiger partial charge on any atom is 0.247 e. The molecule has 0 bridgehead atoms. The van der Waals surface area contributed by atoms with Gasteiger partial charge in [0.2, 0.25) is 11.8 Å². The lowest BCUT2D eigenvalue weighted by Gasteiger charge is -2.13. The Kier molecular flexibility index (Phi) is 4.35. The number of benzene rings is 2. The zero-order valence-corrected chi connectivity index (χ0v) is 11.8. The molecule has 0 aliphatic heterocycles. The molecule has 0 saturated heterocycles. The van der Waals surface area contributed by atoms with Crippen molar-refractivity contribution in [2.45, 2.75) is 13.8 Å². The van der Waals surface area contributed by atoms with E-state index in [-0.39, 0.29) is 5.91 Å². The molecule has 0 saturated carbocycles. The molecule has 0 aromatic heterocycles. The van der Waals surface area contributed by atoms with Gasteiger partial charge in [0.25, 0.3) is 0 Å². The molecule has 0 atom stereocenters. The van der Waals surface area contributed by atoms with E-state index >= 15 is 0 Å². The monoisotopic (exact) mass is 284 g/mol. The molecule has 2 amide bonds. The van der Waals surface area contributed by atoms with E-state index < -0.39 is 5.91 Å². The predicted molar refractivity (Wildman–Crippen MR) is 81.1 cm³/mol. The van der Waals surface area contributed by atoms with E-state index in [2.05, 4.69) is 5.32 Å². The van der Waals surface area contributed by atoms with Crippen molar-refractivity contribution in [3.63, 3.8) is 0 Å². The highest BCUT2D eigenvalue weighted by molar-refractivity contribution is 5.90. The number of carbonyl (C=O) groups is 2. The Morgan fingerprint density at radius 2 is 1.38 bits per heavy atom. The number of carbonyl (C=O) groups excluding carboxylic acids is 2. The van der Waals surface area contributed by atoms with Gasteiger partial charge in [-0.3, -0.25) is 14.8 Å². The highest BCUT2D eigenvalue weighted by atomic mass is 16.5. The number of nitrogens with one attached hydrogen (secondary N) is 1. The van der Waals surface area contributed by atoms with Gasteiger partial charge in [-0.05, 0) is 35.4 Å². The summed E-state index contributed by atoms with van der Waals surface area (Å²) in [6, 6.07) is 14.4. The van der Waals surface area contributed by atoms with E-state index in [1.165, 1.54) is 13.8 Å². The largest absolute Gasteiger partial charge is 0.326 e. The smallest absolute Gasteiger partial charge is 0.247 e. The number of anilines is 2. The molecule has 0 spiro atoms. The average Bonchev–Trinajstić information content (AvgIpc) is 2.47. The van der Waals surface area contributed by atoms with Crippen LogP contribution in [0.15, 0.2) is 48.5 Å². The number of nitrogens with zero attached hydrogens (tertiary/aromatic N) is 1. The third-order valence-electron chi connectivity index (χ3n) is 2.95. The van der Waals surface area contributed by atoms with Crippen LogP contribution in [0.4, 0.5) is 11.4 Å². The van der Waals surface area contributed by atoms with Crippen LogP contribution in [0.1, 0.15) is 13.8 Å². The minimum Gasteiger partial charge on any atom is -0.326 e. The van der Waals surface area contributed by atoms with Crippen molar-refractivity contribution in [2.24, 2.45) is 0 Å². The van der Waals surface area contributed by atoms with Crippen LogP contribution in [0.2, 0.25) is 0 Å². The fraction of sp³-hybridized carbons (Fsp3) is 0.125. The Morgan fingerprint density at radius 1 is 0.905 bits per heavy atom. The van der Waals surface area contributed by atoms with E-state index in [0.717, 1.165) is 16.8 Å².